The maximum atomic E-state index is 12.3. The fourth-order valence-electron chi connectivity index (χ4n) is 15.8. The molecule has 4 aliphatic heterocycles. The minimum Gasteiger partial charge on any atom is -0.748 e. The Morgan fingerprint density at radius 2 is 0.768 bits per heavy atom. The molecule has 0 radical (unpaired) electrons. The zero-order valence-corrected chi connectivity index (χ0v) is 90.9. The molecule has 2 N–H and O–H groups in total. The van der Waals surface area contributed by atoms with Gasteiger partial charge in [0.15, 0.2) is 13.1 Å². The van der Waals surface area contributed by atoms with Crippen LogP contribution < -0.4 is 88.8 Å². The molecule has 0 fully saturated rings. The van der Waals surface area contributed by atoms with Gasteiger partial charge in [-0.1, -0.05) is 53.7 Å². The third-order valence-electron chi connectivity index (χ3n) is 22.5. The van der Waals surface area contributed by atoms with Crippen LogP contribution in [0.1, 0.15) is 141 Å². The minimum absolute atomic E-state index is 0. The number of methoxy groups -OCH3 is 2. The van der Waals surface area contributed by atoms with Crippen LogP contribution in [0.5, 0.6) is 0 Å². The van der Waals surface area contributed by atoms with Crippen molar-refractivity contribution in [2.24, 2.45) is 0 Å². The van der Waals surface area contributed by atoms with E-state index in [9.17, 15) is 78.6 Å². The molecule has 0 saturated heterocycles. The predicted molar refractivity (Wildman–Crippen MR) is 512 cm³/mol. The van der Waals surface area contributed by atoms with Gasteiger partial charge >= 0.3 is 65.1 Å². The number of rotatable bonds is 61. The Labute approximate surface area is 858 Å². The largest absolute Gasteiger partial charge is 1.00 e. The van der Waals surface area contributed by atoms with Crippen LogP contribution in [0.4, 0.5) is 11.4 Å². The van der Waals surface area contributed by atoms with Crippen molar-refractivity contribution >= 4 is 89.6 Å². The molecule has 138 heavy (non-hydrogen) atoms. The van der Waals surface area contributed by atoms with Gasteiger partial charge in [0.2, 0.25) is 10.7 Å². The van der Waals surface area contributed by atoms with Gasteiger partial charge in [0.1, 0.15) is 89.3 Å². The van der Waals surface area contributed by atoms with E-state index in [1.165, 1.54) is 36.6 Å². The van der Waals surface area contributed by atoms with E-state index in [1.807, 2.05) is 99.6 Å². The summed E-state index contributed by atoms with van der Waals surface area (Å²) in [5.41, 5.74) is 4.74. The Balaban J connectivity index is 0.000000482. The standard InChI is InChI=1S/C49H74N2O17S3.C45H64N2O15S3.2Na/c1-48(2,3)43-37-40(68-46-36-39(12-14-42(43)46)50(17-8-35-70(55,56)57)19-22-63-27-30-67-33-32-65-25-24-61-5)10-7-11-47-49(4,16-21-62-26-29-66-31-28-64-23-20-52)44-38-41(71(58,59)60)13-15-45(44)51(47)18-9-34-69(6,53)54;1-44(2,3)38-32-35(62-41-31-34(14-16-37(38)41)46(19-9-30-64(52,53)54)21-22-59-25-26-61-28-27-60-24-23-58-5)11-7-12-42-45(4,18-8-13-43(48)49)39-33-36(65(55,56)57)15-17-40(39)47(42)20-10-29-63(6,50)51;;/h7,10-15,36-38,52H,8-9,16-35H2,1-6H3,(H-,55,56,57,58,59,60);7,11-12,14-17,31-33H,8-10,13,18-30H2,1-6H3,(H2-,48,49,52,53,54,55,56,57);;/q;;2*+1/p-2. The Morgan fingerprint density at radius 1 is 0.428 bits per heavy atom. The zero-order chi connectivity index (χ0) is 100. The van der Waals surface area contributed by atoms with Crippen LogP contribution in [0, 0.1) is 0 Å². The summed E-state index contributed by atoms with van der Waals surface area (Å²) in [5.74, 6) is -0.193. The van der Waals surface area contributed by atoms with Gasteiger partial charge in [-0.3, -0.25) is 4.79 Å². The number of sulfone groups is 2. The molecule has 0 spiro atoms. The van der Waals surface area contributed by atoms with Crippen LogP contribution in [0.3, 0.4) is 0 Å². The molecule has 0 saturated carbocycles. The molecule has 6 aliphatic rings. The first kappa shape index (κ1) is 123. The molecule has 44 heteroatoms. The van der Waals surface area contributed by atoms with E-state index >= 15 is 0 Å². The maximum absolute atomic E-state index is 12.3. The Morgan fingerprint density at radius 3 is 1.09 bits per heavy atom. The summed E-state index contributed by atoms with van der Waals surface area (Å²) < 4.78 is 269. The summed E-state index contributed by atoms with van der Waals surface area (Å²) >= 11 is 0. The van der Waals surface area contributed by atoms with Crippen molar-refractivity contribution in [3.05, 3.63) is 165 Å². The quantitative estimate of drug-likeness (QED) is 0.0238. The molecule has 8 rings (SSSR count). The number of nitrogens with zero attached hydrogens (tertiary/aromatic N) is 4. The SMILES string of the molecule is COCCOCCOCCOCC[N+](CCCS(=O)(=O)[O-])=c1ccc2c(C(C)(C)C)cc(/C=C/C=C3/N(CCCS(C)(=O)=O)c4ccc(S(=O)(=O)[O-])cc4C3(C)CCCC(=O)O)oc-2c1.COCCOCCOCCOCC[N+](CCCS(=O)(=O)[O-])=c1ccc2c(C(C)(C)C)cc(/C=C/C=C3/N(CCCS(C)(=O)=O)c4ccc(S(=O)(=O)[O-])cc4C3(C)CCOCCOCCOCCO)oc-2c1.[Na+].[Na+]. The number of aliphatic carboxylic acids is 1. The van der Waals surface area contributed by atoms with E-state index in [1.54, 1.807) is 38.5 Å². The molecule has 2 unspecified atom stereocenters. The van der Waals surface area contributed by atoms with Gasteiger partial charge in [-0.05, 0) is 164 Å². The van der Waals surface area contributed by atoms with Crippen LogP contribution in [0.15, 0.2) is 139 Å². The number of carboxylic acid groups (broad SMARTS) is 1. The summed E-state index contributed by atoms with van der Waals surface area (Å²) in [6, 6.07) is 23.7. The fourth-order valence-corrected chi connectivity index (χ4v) is 19.1. The van der Waals surface area contributed by atoms with Gasteiger partial charge in [0.05, 0.1) is 173 Å². The van der Waals surface area contributed by atoms with E-state index in [0.29, 0.717) is 181 Å². The number of aliphatic hydroxyl groups is 1. The molecule has 762 valence electrons. The van der Waals surface area contributed by atoms with Crippen molar-refractivity contribution < 1.29 is 204 Å². The number of hydrogen-bond donors (Lipinski definition) is 2. The summed E-state index contributed by atoms with van der Waals surface area (Å²) in [6.45, 7) is 25.1. The normalized spacial score (nSPS) is 16.7. The number of fused-ring (bicyclic) bond motifs is 4. The Hall–Kier alpha value is -5.61. The van der Waals surface area contributed by atoms with Crippen LogP contribution in [-0.2, 0) is 139 Å². The van der Waals surface area contributed by atoms with Crippen LogP contribution in [0.25, 0.3) is 34.8 Å². The first-order valence-electron chi connectivity index (χ1n) is 45.1. The zero-order valence-electron chi connectivity index (χ0n) is 82.0. The van der Waals surface area contributed by atoms with E-state index in [0.717, 1.165) is 33.9 Å². The number of benzene rings is 4. The molecule has 2 atom stereocenters. The number of carbonyl (C=O) groups is 1. The second kappa shape index (κ2) is 58.5. The van der Waals surface area contributed by atoms with E-state index in [-0.39, 0.29) is 197 Å². The minimum atomic E-state index is -4.84. The molecule has 4 heterocycles. The van der Waals surface area contributed by atoms with E-state index in [2.05, 4.69) is 41.5 Å². The molecule has 0 bridgehead atoms. The molecule has 0 amide bonds. The molecular formula is C94H136N4Na2O32S6. The van der Waals surface area contributed by atoms with Crippen LogP contribution >= 0.6 is 0 Å². The second-order valence-electron chi connectivity index (χ2n) is 35.4. The fraction of sp³-hybridized carbons (Fsp3) is 0.585. The number of aliphatic hydroxyl groups excluding tert-OH is 1. The number of hydrogen-bond acceptors (Lipinski definition) is 33. The van der Waals surface area contributed by atoms with Gasteiger partial charge in [0, 0.05) is 134 Å². The molecular weight excluding hydrogens is 1940 g/mol. The predicted octanol–water partition coefficient (Wildman–Crippen LogP) is 1.89. The first-order chi connectivity index (χ1) is 64.0. The third kappa shape index (κ3) is 41.8. The smallest absolute Gasteiger partial charge is 0.748 e. The van der Waals surface area contributed by atoms with Crippen LogP contribution in [-0.4, -0.2) is 313 Å². The van der Waals surface area contributed by atoms with Crippen molar-refractivity contribution in [1.82, 2.24) is 9.15 Å². The second-order valence-corrected chi connectivity index (χ2v) is 45.8. The van der Waals surface area contributed by atoms with Gasteiger partial charge in [-0.25, -0.2) is 59.7 Å². The van der Waals surface area contributed by atoms with Gasteiger partial charge in [0.25, 0.3) is 0 Å². The molecule has 0 aromatic heterocycles. The van der Waals surface area contributed by atoms with E-state index in [4.69, 9.17) is 66.0 Å². The molecule has 36 nitrogen and oxygen atoms in total. The van der Waals surface area contributed by atoms with Crippen molar-refractivity contribution in [1.29, 1.82) is 0 Å². The monoisotopic (exact) mass is 2070 g/mol. The average molecular weight is 2070 g/mol. The first-order valence-corrected chi connectivity index (χ1v) is 55.2. The number of anilines is 2. The van der Waals surface area contributed by atoms with E-state index < -0.39 is 93.3 Å². The maximum Gasteiger partial charge on any atom is 1.00 e. The molecule has 2 aromatic carbocycles. The van der Waals surface area contributed by atoms with Crippen molar-refractivity contribution in [3.8, 4) is 22.6 Å². The summed E-state index contributed by atoms with van der Waals surface area (Å²) in [5, 5.41) is 19.8. The molecule has 2 aliphatic carbocycles. The Kier molecular flexibility index (Phi) is 52.1. The van der Waals surface area contributed by atoms with Gasteiger partial charge in [-0.15, -0.1) is 0 Å². The average Bonchev–Trinajstić information content (AvgIpc) is 1.57. The summed E-state index contributed by atoms with van der Waals surface area (Å²) in [7, 11) is -22.0. The summed E-state index contributed by atoms with van der Waals surface area (Å²) in [6.07, 6.45) is 14.5. The van der Waals surface area contributed by atoms with Gasteiger partial charge < -0.3 is 99.2 Å². The number of allylic oxidation sites excluding steroid dienone is 6. The van der Waals surface area contributed by atoms with Crippen molar-refractivity contribution in [3.63, 3.8) is 0 Å². The third-order valence-corrected chi connectivity index (χ3v) is 27.8. The van der Waals surface area contributed by atoms with Crippen molar-refractivity contribution in [2.45, 2.75) is 138 Å². The Bertz CT molecular complexity index is 5820. The van der Waals surface area contributed by atoms with Crippen LogP contribution in [0.2, 0.25) is 0 Å². The van der Waals surface area contributed by atoms with Gasteiger partial charge in [-0.2, -0.15) is 0 Å². The summed E-state index contributed by atoms with van der Waals surface area (Å²) in [4.78, 5) is 14.6. The molecule has 2 aromatic rings. The van der Waals surface area contributed by atoms with Crippen molar-refractivity contribution in [2.75, 3.05) is 238 Å². The number of ether oxygens (including phenoxy) is 11. The topological polar surface area (TPSA) is 495 Å². The number of carboxylic acids is 1.